The fourth-order valence-corrected chi connectivity index (χ4v) is 8.56. The van der Waals surface area contributed by atoms with Gasteiger partial charge in [0.2, 0.25) is 5.91 Å². The summed E-state index contributed by atoms with van der Waals surface area (Å²) in [6.07, 6.45) is 15.5. The maximum Gasteiger partial charge on any atom is 0.228 e. The Kier molecular flexibility index (Phi) is 4.97. The Morgan fingerprint density at radius 1 is 1.12 bits per heavy atom. The molecular formula is C26H30Cl2N4O. The molecule has 7 heteroatoms. The molecule has 0 saturated heterocycles. The van der Waals surface area contributed by atoms with Crippen LogP contribution in [0.5, 0.6) is 0 Å². The van der Waals surface area contributed by atoms with Gasteiger partial charge in [-0.2, -0.15) is 0 Å². The van der Waals surface area contributed by atoms with Crippen molar-refractivity contribution in [2.24, 2.45) is 34.5 Å². The van der Waals surface area contributed by atoms with Crippen LogP contribution >= 0.6 is 23.2 Å². The number of hydrogen-bond donors (Lipinski definition) is 1. The summed E-state index contributed by atoms with van der Waals surface area (Å²) in [6.45, 7) is 4.83. The molecule has 174 valence electrons. The van der Waals surface area contributed by atoms with Crippen LogP contribution in [0.3, 0.4) is 0 Å². The van der Waals surface area contributed by atoms with Crippen molar-refractivity contribution in [1.29, 1.82) is 0 Å². The first-order chi connectivity index (χ1) is 15.8. The summed E-state index contributed by atoms with van der Waals surface area (Å²) >= 11 is 12.2. The van der Waals surface area contributed by atoms with Crippen molar-refractivity contribution in [3.63, 3.8) is 0 Å². The Morgan fingerprint density at radius 2 is 1.97 bits per heavy atom. The van der Waals surface area contributed by atoms with Crippen molar-refractivity contribution in [1.82, 2.24) is 14.5 Å². The predicted molar refractivity (Wildman–Crippen MR) is 131 cm³/mol. The number of pyridine rings is 1. The molecule has 3 aliphatic carbocycles. The minimum absolute atomic E-state index is 0.00266. The van der Waals surface area contributed by atoms with Crippen molar-refractivity contribution in [3.05, 3.63) is 46.7 Å². The lowest BCUT2D eigenvalue weighted by atomic mass is 9.48. The van der Waals surface area contributed by atoms with Gasteiger partial charge < -0.3 is 9.88 Å². The average molecular weight is 485 g/mol. The van der Waals surface area contributed by atoms with Crippen LogP contribution in [0, 0.1) is 34.5 Å². The van der Waals surface area contributed by atoms with Gasteiger partial charge in [0, 0.05) is 29.8 Å². The van der Waals surface area contributed by atoms with Crippen molar-refractivity contribution < 1.29 is 4.79 Å². The van der Waals surface area contributed by atoms with Gasteiger partial charge in [0.05, 0.1) is 5.69 Å². The zero-order valence-electron chi connectivity index (χ0n) is 19.1. The molecule has 0 radical (unpaired) electrons. The van der Waals surface area contributed by atoms with E-state index in [1.807, 2.05) is 6.20 Å². The van der Waals surface area contributed by atoms with Crippen LogP contribution in [-0.4, -0.2) is 20.4 Å². The fraction of sp³-hybridized carbons (Fsp3) is 0.577. The molecule has 2 aromatic rings. The van der Waals surface area contributed by atoms with Crippen molar-refractivity contribution >= 4 is 40.9 Å². The molecule has 1 amide bonds. The van der Waals surface area contributed by atoms with Crippen LogP contribution in [0.1, 0.15) is 64.2 Å². The molecule has 7 unspecified atom stereocenters. The zero-order chi connectivity index (χ0) is 23.0. The number of allylic oxidation sites excluding steroid dienone is 1. The number of amides is 1. The Bertz CT molecular complexity index is 1150. The molecule has 5 nitrogen and oxygen atoms in total. The number of carbonyl (C=O) groups excluding carboxylic acids is 1. The molecule has 3 heterocycles. The van der Waals surface area contributed by atoms with Gasteiger partial charge in [0.25, 0.3) is 0 Å². The third kappa shape index (κ3) is 3.15. The van der Waals surface area contributed by atoms with Crippen LogP contribution in [0.2, 0.25) is 10.3 Å². The highest BCUT2D eigenvalue weighted by atomic mass is 35.5. The minimum atomic E-state index is 0.00266. The van der Waals surface area contributed by atoms with E-state index in [9.17, 15) is 4.79 Å². The SMILES string of the molecule is CC12C=Cc3nccn3C1CCC1C2CCC2(C)C(C(=O)Nc3ccc(Cl)nc3Cl)CCC12. The van der Waals surface area contributed by atoms with Crippen molar-refractivity contribution in [3.8, 4) is 0 Å². The summed E-state index contributed by atoms with van der Waals surface area (Å²) in [5.41, 5.74) is 0.725. The molecule has 1 N–H and O–H groups in total. The average Bonchev–Trinajstić information content (AvgIpc) is 3.39. The van der Waals surface area contributed by atoms with Gasteiger partial charge in [-0.15, -0.1) is 0 Å². The first-order valence-electron chi connectivity index (χ1n) is 12.2. The highest BCUT2D eigenvalue weighted by molar-refractivity contribution is 6.34. The van der Waals surface area contributed by atoms with E-state index in [4.69, 9.17) is 23.2 Å². The van der Waals surface area contributed by atoms with E-state index in [1.54, 1.807) is 12.1 Å². The number of imidazole rings is 1. The summed E-state index contributed by atoms with van der Waals surface area (Å²) in [7, 11) is 0. The molecule has 7 atom stereocenters. The summed E-state index contributed by atoms with van der Waals surface area (Å²) in [4.78, 5) is 22.0. The monoisotopic (exact) mass is 484 g/mol. The van der Waals surface area contributed by atoms with Gasteiger partial charge in [-0.1, -0.05) is 43.1 Å². The second-order valence-corrected chi connectivity index (χ2v) is 11.7. The Morgan fingerprint density at radius 3 is 2.79 bits per heavy atom. The van der Waals surface area contributed by atoms with Gasteiger partial charge in [0.1, 0.15) is 11.0 Å². The number of nitrogens with zero attached hydrogens (tertiary/aromatic N) is 3. The Labute approximate surface area is 205 Å². The van der Waals surface area contributed by atoms with E-state index in [1.165, 1.54) is 19.3 Å². The summed E-state index contributed by atoms with van der Waals surface area (Å²) < 4.78 is 2.40. The number of aromatic nitrogens is 3. The Hall–Kier alpha value is -1.85. The van der Waals surface area contributed by atoms with E-state index in [-0.39, 0.29) is 27.8 Å². The molecule has 0 aromatic carbocycles. The van der Waals surface area contributed by atoms with Crippen LogP contribution in [0.4, 0.5) is 5.69 Å². The number of halogens is 2. The van der Waals surface area contributed by atoms with E-state index in [0.717, 1.165) is 25.1 Å². The molecule has 1 aliphatic heterocycles. The number of hydrogen-bond acceptors (Lipinski definition) is 3. The number of fused-ring (bicyclic) bond motifs is 7. The molecule has 3 fully saturated rings. The topological polar surface area (TPSA) is 59.8 Å². The van der Waals surface area contributed by atoms with Crippen molar-refractivity contribution in [2.45, 2.75) is 58.4 Å². The third-order valence-corrected chi connectivity index (χ3v) is 10.2. The zero-order valence-corrected chi connectivity index (χ0v) is 20.6. The van der Waals surface area contributed by atoms with E-state index in [0.29, 0.717) is 34.6 Å². The third-order valence-electron chi connectivity index (χ3n) is 9.74. The predicted octanol–water partition coefficient (Wildman–Crippen LogP) is 6.65. The summed E-state index contributed by atoms with van der Waals surface area (Å²) in [5.74, 6) is 3.06. The second kappa shape index (κ2) is 7.58. The van der Waals surface area contributed by atoms with Gasteiger partial charge in [-0.3, -0.25) is 4.79 Å². The van der Waals surface area contributed by atoms with Gasteiger partial charge >= 0.3 is 0 Å². The lowest BCUT2D eigenvalue weighted by Crippen LogP contribution is -2.53. The van der Waals surface area contributed by atoms with Crippen LogP contribution in [0.15, 0.2) is 30.6 Å². The van der Waals surface area contributed by atoms with Crippen LogP contribution in [-0.2, 0) is 4.79 Å². The van der Waals surface area contributed by atoms with E-state index in [2.05, 4.69) is 52.0 Å². The first-order valence-corrected chi connectivity index (χ1v) is 12.9. The number of nitrogens with one attached hydrogen (secondary N) is 1. The van der Waals surface area contributed by atoms with Gasteiger partial charge in [-0.25, -0.2) is 9.97 Å². The van der Waals surface area contributed by atoms with Gasteiger partial charge in [-0.05, 0) is 79.9 Å². The highest BCUT2D eigenvalue weighted by Crippen LogP contribution is 2.67. The molecule has 0 bridgehead atoms. The molecule has 3 saturated carbocycles. The molecular weight excluding hydrogens is 455 g/mol. The normalized spacial score (nSPS) is 38.7. The second-order valence-electron chi connectivity index (χ2n) is 11.0. The quantitative estimate of drug-likeness (QED) is 0.485. The number of carbonyl (C=O) groups is 1. The fourth-order valence-electron chi connectivity index (χ4n) is 8.17. The van der Waals surface area contributed by atoms with Crippen LogP contribution in [0.25, 0.3) is 6.08 Å². The molecule has 6 rings (SSSR count). The number of rotatable bonds is 2. The smallest absolute Gasteiger partial charge is 0.228 e. The Balaban J connectivity index is 1.24. The van der Waals surface area contributed by atoms with E-state index >= 15 is 0 Å². The maximum atomic E-state index is 13.4. The number of anilines is 1. The van der Waals surface area contributed by atoms with Crippen molar-refractivity contribution in [2.75, 3.05) is 5.32 Å². The maximum absolute atomic E-state index is 13.4. The lowest BCUT2D eigenvalue weighted by molar-refractivity contribution is -0.127. The van der Waals surface area contributed by atoms with E-state index < -0.39 is 0 Å². The molecule has 2 aromatic heterocycles. The molecule has 0 spiro atoms. The minimum Gasteiger partial charge on any atom is -0.328 e. The van der Waals surface area contributed by atoms with Gasteiger partial charge in [0.15, 0.2) is 5.15 Å². The molecule has 33 heavy (non-hydrogen) atoms. The highest BCUT2D eigenvalue weighted by Gasteiger charge is 2.61. The lowest BCUT2D eigenvalue weighted by Gasteiger charge is -2.59. The van der Waals surface area contributed by atoms with Crippen LogP contribution < -0.4 is 5.32 Å². The summed E-state index contributed by atoms with van der Waals surface area (Å²) in [6, 6.07) is 3.89. The standard InChI is InChI=1S/C26H30Cl2N4O/c1-25-11-9-17-15(3-7-20-26(17,2)12-10-22-29-13-14-32(20)22)16(25)4-5-18(25)24(33)30-19-6-8-21(27)31-23(19)28/h6,8,10,12-18,20H,3-5,7,9,11H2,1-2H3,(H,30,33). The molecule has 4 aliphatic rings. The largest absolute Gasteiger partial charge is 0.328 e. The first kappa shape index (κ1) is 21.7. The summed E-state index contributed by atoms with van der Waals surface area (Å²) in [5, 5.41) is 3.63.